The Labute approximate surface area is 112 Å². The number of carbonyl (C=O) groups is 1. The van der Waals surface area contributed by atoms with Crippen LogP contribution in [0.1, 0.15) is 20.3 Å². The third kappa shape index (κ3) is 3.92. The summed E-state index contributed by atoms with van der Waals surface area (Å²) in [5, 5.41) is 9.09. The third-order valence-electron chi connectivity index (χ3n) is 2.60. The van der Waals surface area contributed by atoms with Crippen LogP contribution in [0.3, 0.4) is 0 Å². The molecular formula is C13H19NO3S. The number of carboxylic acid groups (broad SMARTS) is 1. The minimum atomic E-state index is -1.20. The van der Waals surface area contributed by atoms with E-state index in [1.54, 1.807) is 18.9 Å². The van der Waals surface area contributed by atoms with Gasteiger partial charge in [0.15, 0.2) is 0 Å². The molecule has 5 heteroatoms. The van der Waals surface area contributed by atoms with Crippen molar-refractivity contribution in [2.75, 3.05) is 7.11 Å². The van der Waals surface area contributed by atoms with Gasteiger partial charge in [-0.05, 0) is 25.5 Å². The van der Waals surface area contributed by atoms with Crippen LogP contribution in [0.25, 0.3) is 0 Å². The molecule has 0 aromatic heterocycles. The summed E-state index contributed by atoms with van der Waals surface area (Å²) >= 11 is 1.57. The van der Waals surface area contributed by atoms with E-state index in [4.69, 9.17) is 15.6 Å². The monoisotopic (exact) mass is 269 g/mol. The predicted molar refractivity (Wildman–Crippen MR) is 73.2 cm³/mol. The number of aliphatic carboxylic acids is 1. The first kappa shape index (κ1) is 14.9. The summed E-state index contributed by atoms with van der Waals surface area (Å²) in [6.07, 6.45) is 0.394. The van der Waals surface area contributed by atoms with Gasteiger partial charge in [-0.25, -0.2) is 0 Å². The Morgan fingerprint density at radius 3 is 2.72 bits per heavy atom. The lowest BCUT2D eigenvalue weighted by molar-refractivity contribution is -0.142. The Kier molecular flexibility index (Phi) is 5.04. The van der Waals surface area contributed by atoms with Gasteiger partial charge in [-0.1, -0.05) is 19.1 Å². The Hall–Kier alpha value is -1.20. The maximum atomic E-state index is 11.0. The molecule has 0 saturated heterocycles. The van der Waals surface area contributed by atoms with Crippen molar-refractivity contribution in [2.24, 2.45) is 5.73 Å². The van der Waals surface area contributed by atoms with Gasteiger partial charge in [-0.2, -0.15) is 0 Å². The first-order valence-corrected chi connectivity index (χ1v) is 6.56. The van der Waals surface area contributed by atoms with Crippen molar-refractivity contribution in [3.8, 4) is 5.75 Å². The predicted octanol–water partition coefficient (Wildman–Crippen LogP) is 2.37. The van der Waals surface area contributed by atoms with Crippen LogP contribution in [0.4, 0.5) is 0 Å². The van der Waals surface area contributed by atoms with E-state index in [9.17, 15) is 4.79 Å². The van der Waals surface area contributed by atoms with Gasteiger partial charge in [0, 0.05) is 10.1 Å². The number of hydrogen-bond acceptors (Lipinski definition) is 4. The number of thioether (sulfide) groups is 1. The average Bonchev–Trinajstić information content (AvgIpc) is 2.28. The summed E-state index contributed by atoms with van der Waals surface area (Å²) in [4.78, 5) is 12.0. The van der Waals surface area contributed by atoms with Crippen LogP contribution < -0.4 is 10.5 Å². The number of nitrogens with two attached hydrogens (primary N) is 1. The molecule has 0 amide bonds. The highest BCUT2D eigenvalue weighted by Crippen LogP contribution is 2.34. The molecule has 0 bridgehead atoms. The zero-order valence-electron chi connectivity index (χ0n) is 10.8. The molecule has 4 nitrogen and oxygen atoms in total. The molecule has 0 aliphatic carbocycles. The van der Waals surface area contributed by atoms with E-state index in [0.717, 1.165) is 10.6 Å². The molecule has 3 N–H and O–H groups in total. The quantitative estimate of drug-likeness (QED) is 0.776. The number of ether oxygens (including phenoxy) is 1. The molecule has 0 fully saturated rings. The molecule has 0 heterocycles. The van der Waals surface area contributed by atoms with Crippen LogP contribution in [-0.4, -0.2) is 29.0 Å². The second kappa shape index (κ2) is 6.11. The fraction of sp³-hybridized carbons (Fsp3) is 0.462. The Balaban J connectivity index is 2.70. The molecule has 1 aromatic carbocycles. The fourth-order valence-corrected chi connectivity index (χ4v) is 2.95. The number of carboxylic acids is 1. The molecule has 0 spiro atoms. The summed E-state index contributed by atoms with van der Waals surface area (Å²) in [5.74, 6) is -0.182. The molecule has 2 unspecified atom stereocenters. The van der Waals surface area contributed by atoms with Gasteiger partial charge in [0.2, 0.25) is 0 Å². The van der Waals surface area contributed by atoms with Crippen LogP contribution in [0.15, 0.2) is 29.2 Å². The Morgan fingerprint density at radius 2 is 2.17 bits per heavy atom. The van der Waals surface area contributed by atoms with Crippen molar-refractivity contribution >= 4 is 17.7 Å². The van der Waals surface area contributed by atoms with Gasteiger partial charge in [0.25, 0.3) is 0 Å². The molecular weight excluding hydrogens is 250 g/mol. The normalized spacial score (nSPS) is 15.8. The number of hydrogen-bond donors (Lipinski definition) is 2. The number of methoxy groups -OCH3 is 1. The van der Waals surface area contributed by atoms with Gasteiger partial charge < -0.3 is 15.6 Å². The lowest BCUT2D eigenvalue weighted by Crippen LogP contribution is -2.46. The average molecular weight is 269 g/mol. The largest absolute Gasteiger partial charge is 0.496 e. The maximum absolute atomic E-state index is 11.0. The van der Waals surface area contributed by atoms with E-state index < -0.39 is 11.5 Å². The van der Waals surface area contributed by atoms with Crippen LogP contribution >= 0.6 is 11.8 Å². The summed E-state index contributed by atoms with van der Waals surface area (Å²) in [5.41, 5.74) is 4.54. The van der Waals surface area contributed by atoms with Gasteiger partial charge in [-0.15, -0.1) is 11.8 Å². The van der Waals surface area contributed by atoms with Crippen LogP contribution in [0.5, 0.6) is 5.75 Å². The van der Waals surface area contributed by atoms with E-state index in [2.05, 4.69) is 0 Å². The van der Waals surface area contributed by atoms with Crippen molar-refractivity contribution in [2.45, 2.75) is 36.0 Å². The molecule has 0 aliphatic heterocycles. The van der Waals surface area contributed by atoms with E-state index >= 15 is 0 Å². The maximum Gasteiger partial charge on any atom is 0.323 e. The topological polar surface area (TPSA) is 72.5 Å². The molecule has 100 valence electrons. The van der Waals surface area contributed by atoms with Crippen molar-refractivity contribution < 1.29 is 14.6 Å². The van der Waals surface area contributed by atoms with E-state index in [-0.39, 0.29) is 5.25 Å². The van der Waals surface area contributed by atoms with Gasteiger partial charge in [0.05, 0.1) is 7.11 Å². The number of benzene rings is 1. The lowest BCUT2D eigenvalue weighted by Gasteiger charge is -2.23. The lowest BCUT2D eigenvalue weighted by atomic mass is 9.98. The van der Waals surface area contributed by atoms with Crippen molar-refractivity contribution in [1.82, 2.24) is 0 Å². The van der Waals surface area contributed by atoms with Gasteiger partial charge in [-0.3, -0.25) is 4.79 Å². The highest BCUT2D eigenvalue weighted by molar-refractivity contribution is 8.00. The van der Waals surface area contributed by atoms with Crippen LogP contribution in [-0.2, 0) is 4.79 Å². The molecule has 0 aliphatic rings. The number of para-hydroxylation sites is 1. The Morgan fingerprint density at radius 1 is 1.56 bits per heavy atom. The summed E-state index contributed by atoms with van der Waals surface area (Å²) in [7, 11) is 1.62. The zero-order chi connectivity index (χ0) is 13.8. The second-order valence-electron chi connectivity index (χ2n) is 4.51. The zero-order valence-corrected chi connectivity index (χ0v) is 11.7. The fourth-order valence-electron chi connectivity index (χ4n) is 1.66. The molecule has 2 atom stereocenters. The molecule has 0 saturated carbocycles. The minimum Gasteiger partial charge on any atom is -0.496 e. The van der Waals surface area contributed by atoms with Crippen LogP contribution in [0.2, 0.25) is 0 Å². The standard InChI is InChI=1S/C13H19NO3S/c1-9(8-13(2,14)12(15)16)18-11-7-5-4-6-10(11)17-3/h4-7,9H,8,14H2,1-3H3,(H,15,16). The van der Waals surface area contributed by atoms with Gasteiger partial charge >= 0.3 is 5.97 Å². The Bertz CT molecular complexity index is 420. The second-order valence-corrected chi connectivity index (χ2v) is 5.99. The highest BCUT2D eigenvalue weighted by Gasteiger charge is 2.30. The SMILES string of the molecule is COc1ccccc1SC(C)CC(C)(N)C(=O)O. The first-order valence-electron chi connectivity index (χ1n) is 5.69. The van der Waals surface area contributed by atoms with E-state index in [1.807, 2.05) is 31.2 Å². The van der Waals surface area contributed by atoms with Crippen molar-refractivity contribution in [3.05, 3.63) is 24.3 Å². The van der Waals surface area contributed by atoms with Crippen molar-refractivity contribution in [1.29, 1.82) is 0 Å². The molecule has 0 radical (unpaired) electrons. The first-order chi connectivity index (χ1) is 8.36. The van der Waals surface area contributed by atoms with Crippen LogP contribution in [0, 0.1) is 0 Å². The minimum absolute atomic E-state index is 0.0902. The molecule has 1 aromatic rings. The molecule has 1 rings (SSSR count). The van der Waals surface area contributed by atoms with Crippen molar-refractivity contribution in [3.63, 3.8) is 0 Å². The highest BCUT2D eigenvalue weighted by atomic mass is 32.2. The number of rotatable bonds is 6. The third-order valence-corrected chi connectivity index (χ3v) is 3.76. The summed E-state index contributed by atoms with van der Waals surface area (Å²) in [6, 6.07) is 7.66. The summed E-state index contributed by atoms with van der Waals surface area (Å²) < 4.78 is 5.26. The molecule has 18 heavy (non-hydrogen) atoms. The summed E-state index contributed by atoms with van der Waals surface area (Å²) in [6.45, 7) is 3.50. The van der Waals surface area contributed by atoms with Gasteiger partial charge in [0.1, 0.15) is 11.3 Å². The van der Waals surface area contributed by atoms with E-state index in [1.165, 1.54) is 6.92 Å². The van der Waals surface area contributed by atoms with E-state index in [0.29, 0.717) is 6.42 Å². The smallest absolute Gasteiger partial charge is 0.323 e.